The SMILES string of the molecule is c1ccc(Cn2cc(OC3CCCCC3)cn2)cc1. The molecule has 100 valence electrons. The summed E-state index contributed by atoms with van der Waals surface area (Å²) in [5.74, 6) is 0.905. The molecule has 0 aliphatic heterocycles. The van der Waals surface area contributed by atoms with Crippen LogP contribution < -0.4 is 4.74 Å². The van der Waals surface area contributed by atoms with Crippen molar-refractivity contribution in [1.29, 1.82) is 0 Å². The Morgan fingerprint density at radius 3 is 2.68 bits per heavy atom. The van der Waals surface area contributed by atoms with Crippen LogP contribution in [0.15, 0.2) is 42.7 Å². The minimum atomic E-state index is 0.392. The molecule has 1 fully saturated rings. The zero-order valence-corrected chi connectivity index (χ0v) is 11.2. The molecule has 1 aliphatic rings. The van der Waals surface area contributed by atoms with Crippen LogP contribution in [-0.4, -0.2) is 15.9 Å². The first-order chi connectivity index (χ1) is 9.40. The molecule has 0 N–H and O–H groups in total. The van der Waals surface area contributed by atoms with Crippen molar-refractivity contribution in [1.82, 2.24) is 9.78 Å². The van der Waals surface area contributed by atoms with Gasteiger partial charge in [0.15, 0.2) is 5.75 Å². The molecule has 3 rings (SSSR count). The predicted molar refractivity (Wildman–Crippen MR) is 75.3 cm³/mol. The Bertz CT molecular complexity index is 500. The zero-order chi connectivity index (χ0) is 12.9. The van der Waals surface area contributed by atoms with Crippen molar-refractivity contribution in [3.63, 3.8) is 0 Å². The highest BCUT2D eigenvalue weighted by Crippen LogP contribution is 2.23. The van der Waals surface area contributed by atoms with Crippen molar-refractivity contribution in [3.8, 4) is 5.75 Å². The van der Waals surface area contributed by atoms with E-state index in [1.54, 1.807) is 0 Å². The van der Waals surface area contributed by atoms with E-state index in [0.717, 1.165) is 12.3 Å². The summed E-state index contributed by atoms with van der Waals surface area (Å²) in [4.78, 5) is 0. The second kappa shape index (κ2) is 5.91. The number of rotatable bonds is 4. The average molecular weight is 256 g/mol. The molecule has 0 bridgehead atoms. The molecule has 0 atom stereocenters. The highest BCUT2D eigenvalue weighted by atomic mass is 16.5. The van der Waals surface area contributed by atoms with E-state index in [-0.39, 0.29) is 0 Å². The second-order valence-electron chi connectivity index (χ2n) is 5.24. The van der Waals surface area contributed by atoms with Crippen LogP contribution in [0.5, 0.6) is 5.75 Å². The van der Waals surface area contributed by atoms with Gasteiger partial charge in [-0.15, -0.1) is 0 Å². The fourth-order valence-electron chi connectivity index (χ4n) is 2.64. The van der Waals surface area contributed by atoms with E-state index in [4.69, 9.17) is 4.74 Å². The molecule has 1 heterocycles. The molecule has 1 aliphatic carbocycles. The minimum Gasteiger partial charge on any atom is -0.487 e. The molecule has 0 radical (unpaired) electrons. The third-order valence-electron chi connectivity index (χ3n) is 3.65. The average Bonchev–Trinajstić information content (AvgIpc) is 2.88. The van der Waals surface area contributed by atoms with Crippen molar-refractivity contribution < 1.29 is 4.74 Å². The Morgan fingerprint density at radius 2 is 1.89 bits per heavy atom. The highest BCUT2D eigenvalue weighted by Gasteiger charge is 2.15. The van der Waals surface area contributed by atoms with Crippen LogP contribution in [0.25, 0.3) is 0 Å². The normalized spacial score (nSPS) is 16.4. The molecule has 1 aromatic heterocycles. The maximum absolute atomic E-state index is 5.99. The van der Waals surface area contributed by atoms with Crippen LogP contribution in [0, 0.1) is 0 Å². The second-order valence-corrected chi connectivity index (χ2v) is 5.24. The van der Waals surface area contributed by atoms with E-state index in [0.29, 0.717) is 6.10 Å². The number of hydrogen-bond acceptors (Lipinski definition) is 2. The summed E-state index contributed by atoms with van der Waals surface area (Å²) in [5.41, 5.74) is 1.26. The fraction of sp³-hybridized carbons (Fsp3) is 0.438. The van der Waals surface area contributed by atoms with Crippen molar-refractivity contribution in [2.45, 2.75) is 44.8 Å². The van der Waals surface area contributed by atoms with Gasteiger partial charge in [-0.1, -0.05) is 36.8 Å². The predicted octanol–water partition coefficient (Wildman–Crippen LogP) is 3.64. The highest BCUT2D eigenvalue weighted by molar-refractivity contribution is 5.17. The van der Waals surface area contributed by atoms with Gasteiger partial charge in [-0.2, -0.15) is 5.10 Å². The van der Waals surface area contributed by atoms with E-state index >= 15 is 0 Å². The van der Waals surface area contributed by atoms with Crippen molar-refractivity contribution in [2.75, 3.05) is 0 Å². The molecule has 1 saturated carbocycles. The number of nitrogens with zero attached hydrogens (tertiary/aromatic N) is 2. The van der Waals surface area contributed by atoms with Crippen LogP contribution in [-0.2, 0) is 6.54 Å². The molecule has 3 heteroatoms. The lowest BCUT2D eigenvalue weighted by molar-refractivity contribution is 0.155. The molecule has 0 saturated heterocycles. The summed E-state index contributed by atoms with van der Waals surface area (Å²) in [6.45, 7) is 0.800. The van der Waals surface area contributed by atoms with Gasteiger partial charge in [0.25, 0.3) is 0 Å². The molecular weight excluding hydrogens is 236 g/mol. The van der Waals surface area contributed by atoms with Crippen LogP contribution in [0.2, 0.25) is 0 Å². The molecule has 3 nitrogen and oxygen atoms in total. The fourth-order valence-corrected chi connectivity index (χ4v) is 2.64. The van der Waals surface area contributed by atoms with E-state index < -0.39 is 0 Å². The maximum atomic E-state index is 5.99. The monoisotopic (exact) mass is 256 g/mol. The van der Waals surface area contributed by atoms with Crippen LogP contribution >= 0.6 is 0 Å². The summed E-state index contributed by atoms with van der Waals surface area (Å²) in [6.07, 6.45) is 10.5. The lowest BCUT2D eigenvalue weighted by Gasteiger charge is -2.21. The van der Waals surface area contributed by atoms with Crippen LogP contribution in [0.4, 0.5) is 0 Å². The number of aromatic nitrogens is 2. The Kier molecular flexibility index (Phi) is 3.82. The van der Waals surface area contributed by atoms with E-state index in [2.05, 4.69) is 29.4 Å². The van der Waals surface area contributed by atoms with Crippen LogP contribution in [0.3, 0.4) is 0 Å². The van der Waals surface area contributed by atoms with Crippen molar-refractivity contribution >= 4 is 0 Å². The standard InChI is InChI=1S/C16H20N2O/c1-3-7-14(8-4-1)12-18-13-16(11-17-18)19-15-9-5-2-6-10-15/h1,3-4,7-8,11,13,15H,2,5-6,9-10,12H2. The number of benzene rings is 1. The summed E-state index contributed by atoms with van der Waals surface area (Å²) < 4.78 is 7.93. The summed E-state index contributed by atoms with van der Waals surface area (Å²) in [6, 6.07) is 10.4. The first kappa shape index (κ1) is 12.3. The van der Waals surface area contributed by atoms with Gasteiger partial charge >= 0.3 is 0 Å². The largest absolute Gasteiger partial charge is 0.487 e. The van der Waals surface area contributed by atoms with Gasteiger partial charge in [0, 0.05) is 0 Å². The number of ether oxygens (including phenoxy) is 1. The molecule has 1 aromatic carbocycles. The first-order valence-corrected chi connectivity index (χ1v) is 7.13. The maximum Gasteiger partial charge on any atom is 0.157 e. The molecule has 2 aromatic rings. The number of hydrogen-bond donors (Lipinski definition) is 0. The Hall–Kier alpha value is -1.77. The topological polar surface area (TPSA) is 27.1 Å². The van der Waals surface area contributed by atoms with Gasteiger partial charge in [0.05, 0.1) is 25.0 Å². The van der Waals surface area contributed by atoms with Gasteiger partial charge in [-0.3, -0.25) is 4.68 Å². The van der Waals surface area contributed by atoms with E-state index in [9.17, 15) is 0 Å². The lowest BCUT2D eigenvalue weighted by Crippen LogP contribution is -2.19. The Balaban J connectivity index is 1.59. The smallest absolute Gasteiger partial charge is 0.157 e. The molecule has 0 spiro atoms. The minimum absolute atomic E-state index is 0.392. The quantitative estimate of drug-likeness (QED) is 0.835. The first-order valence-electron chi connectivity index (χ1n) is 7.13. The van der Waals surface area contributed by atoms with Gasteiger partial charge in [0.2, 0.25) is 0 Å². The van der Waals surface area contributed by atoms with Crippen molar-refractivity contribution in [2.24, 2.45) is 0 Å². The lowest BCUT2D eigenvalue weighted by atomic mass is 9.98. The third-order valence-corrected chi connectivity index (χ3v) is 3.65. The van der Waals surface area contributed by atoms with Crippen molar-refractivity contribution in [3.05, 3.63) is 48.3 Å². The molecular formula is C16H20N2O. The van der Waals surface area contributed by atoms with Gasteiger partial charge in [-0.05, 0) is 31.2 Å². The summed E-state index contributed by atoms with van der Waals surface area (Å²) in [7, 11) is 0. The Morgan fingerprint density at radius 1 is 1.11 bits per heavy atom. The zero-order valence-electron chi connectivity index (χ0n) is 11.2. The molecule has 0 unspecified atom stereocenters. The summed E-state index contributed by atoms with van der Waals surface area (Å²) in [5, 5.41) is 4.37. The van der Waals surface area contributed by atoms with Gasteiger partial charge < -0.3 is 4.74 Å². The van der Waals surface area contributed by atoms with E-state index in [1.807, 2.05) is 23.1 Å². The van der Waals surface area contributed by atoms with Crippen LogP contribution in [0.1, 0.15) is 37.7 Å². The van der Waals surface area contributed by atoms with E-state index in [1.165, 1.54) is 37.7 Å². The van der Waals surface area contributed by atoms with Gasteiger partial charge in [0.1, 0.15) is 0 Å². The summed E-state index contributed by atoms with van der Waals surface area (Å²) >= 11 is 0. The Labute approximate surface area is 114 Å². The van der Waals surface area contributed by atoms with Gasteiger partial charge in [-0.25, -0.2) is 0 Å². The molecule has 19 heavy (non-hydrogen) atoms. The third kappa shape index (κ3) is 3.37. The molecule has 0 amide bonds.